The van der Waals surface area contributed by atoms with E-state index in [4.69, 9.17) is 4.74 Å². The number of hydrogen-bond acceptors (Lipinski definition) is 3. The largest absolute Gasteiger partial charge is 0.455 e. The molecule has 0 bridgehead atoms. The Morgan fingerprint density at radius 1 is 0.444 bits per heavy atom. The van der Waals surface area contributed by atoms with Gasteiger partial charge in [-0.1, -0.05) is 60.7 Å². The van der Waals surface area contributed by atoms with E-state index in [-0.39, 0.29) is 0 Å². The van der Waals surface area contributed by atoms with Crippen LogP contribution in [0.4, 0.5) is 22.7 Å². The average Bonchev–Trinajstić information content (AvgIpc) is 2.72. The van der Waals surface area contributed by atoms with Crippen LogP contribution in [-0.2, 0) is 0 Å². The highest BCUT2D eigenvalue weighted by molar-refractivity contribution is 5.79. The molecule has 0 fully saturated rings. The Morgan fingerprint density at radius 2 is 0.963 bits per heavy atom. The highest BCUT2D eigenvalue weighted by Gasteiger charge is 2.08. The number of benzene rings is 4. The van der Waals surface area contributed by atoms with Crippen LogP contribution < -0.4 is 15.4 Å². The van der Waals surface area contributed by atoms with Crippen molar-refractivity contribution in [2.45, 2.75) is 0 Å². The summed E-state index contributed by atoms with van der Waals surface area (Å²) < 4.78 is 6.06. The molecule has 0 aliphatic rings. The first kappa shape index (κ1) is 16.7. The van der Waals surface area contributed by atoms with Crippen LogP contribution in [0.3, 0.4) is 0 Å². The van der Waals surface area contributed by atoms with Gasteiger partial charge in [-0.3, -0.25) is 0 Å². The van der Waals surface area contributed by atoms with Crippen LogP contribution in [0, 0.1) is 0 Å². The van der Waals surface area contributed by atoms with E-state index in [1.165, 1.54) is 0 Å². The first-order valence-corrected chi connectivity index (χ1v) is 8.88. The fraction of sp³-hybridized carbons (Fsp3) is 0. The Kier molecular flexibility index (Phi) is 5.02. The summed E-state index contributed by atoms with van der Waals surface area (Å²) in [5.74, 6) is 1.58. The molecule has 0 saturated heterocycles. The maximum absolute atomic E-state index is 6.06. The van der Waals surface area contributed by atoms with Crippen LogP contribution in [0.25, 0.3) is 0 Å². The van der Waals surface area contributed by atoms with Crippen molar-refractivity contribution in [3.63, 3.8) is 0 Å². The van der Waals surface area contributed by atoms with Crippen LogP contribution in [-0.4, -0.2) is 0 Å². The SMILES string of the molecule is c1ccc(Nc2ccccc2Nc2ccccc2Oc2ccccc2)cc1. The molecule has 0 unspecified atom stereocenters. The highest BCUT2D eigenvalue weighted by Crippen LogP contribution is 2.34. The van der Waals surface area contributed by atoms with Gasteiger partial charge in [-0.2, -0.15) is 0 Å². The first-order valence-electron chi connectivity index (χ1n) is 8.88. The van der Waals surface area contributed by atoms with E-state index in [1.54, 1.807) is 0 Å². The lowest BCUT2D eigenvalue weighted by molar-refractivity contribution is 0.485. The van der Waals surface area contributed by atoms with Gasteiger partial charge in [0.2, 0.25) is 0 Å². The number of rotatable bonds is 6. The summed E-state index contributed by atoms with van der Waals surface area (Å²) >= 11 is 0. The maximum Gasteiger partial charge on any atom is 0.150 e. The molecule has 4 rings (SSSR count). The van der Waals surface area contributed by atoms with Gasteiger partial charge < -0.3 is 15.4 Å². The van der Waals surface area contributed by atoms with E-state index >= 15 is 0 Å². The first-order chi connectivity index (χ1) is 13.4. The minimum absolute atomic E-state index is 0.776. The van der Waals surface area contributed by atoms with Crippen molar-refractivity contribution in [3.05, 3.63) is 109 Å². The lowest BCUT2D eigenvalue weighted by Gasteiger charge is -2.16. The lowest BCUT2D eigenvalue weighted by atomic mass is 10.2. The molecule has 4 aromatic carbocycles. The van der Waals surface area contributed by atoms with Crippen molar-refractivity contribution in [2.24, 2.45) is 0 Å². The average molecular weight is 352 g/mol. The van der Waals surface area contributed by atoms with Crippen molar-refractivity contribution in [1.82, 2.24) is 0 Å². The zero-order valence-electron chi connectivity index (χ0n) is 14.8. The fourth-order valence-electron chi connectivity index (χ4n) is 2.80. The van der Waals surface area contributed by atoms with E-state index in [0.29, 0.717) is 0 Å². The summed E-state index contributed by atoms with van der Waals surface area (Å²) in [7, 11) is 0. The van der Waals surface area contributed by atoms with Crippen molar-refractivity contribution in [2.75, 3.05) is 10.6 Å². The zero-order valence-corrected chi connectivity index (χ0v) is 14.8. The van der Waals surface area contributed by atoms with Crippen LogP contribution in [0.2, 0.25) is 0 Å². The predicted molar refractivity (Wildman–Crippen MR) is 112 cm³/mol. The summed E-state index contributed by atoms with van der Waals surface area (Å²) in [5.41, 5.74) is 3.92. The molecule has 0 radical (unpaired) electrons. The monoisotopic (exact) mass is 352 g/mol. The van der Waals surface area contributed by atoms with E-state index in [9.17, 15) is 0 Å². The third kappa shape index (κ3) is 4.28. The van der Waals surface area contributed by atoms with E-state index in [0.717, 1.165) is 34.2 Å². The smallest absolute Gasteiger partial charge is 0.150 e. The second-order valence-corrected chi connectivity index (χ2v) is 6.07. The number of ether oxygens (including phenoxy) is 1. The van der Waals surface area contributed by atoms with Crippen molar-refractivity contribution in [1.29, 1.82) is 0 Å². The molecular formula is C24H20N2O. The van der Waals surface area contributed by atoms with Gasteiger partial charge in [0, 0.05) is 5.69 Å². The van der Waals surface area contributed by atoms with Gasteiger partial charge in [0.15, 0.2) is 5.75 Å². The Labute approximate surface area is 159 Å². The Bertz CT molecular complexity index is 918. The van der Waals surface area contributed by atoms with Gasteiger partial charge in [-0.25, -0.2) is 0 Å². The van der Waals surface area contributed by atoms with Crippen LogP contribution in [0.5, 0.6) is 11.5 Å². The van der Waals surface area contributed by atoms with Crippen LogP contribution >= 0.6 is 0 Å². The summed E-state index contributed by atoms with van der Waals surface area (Å²) in [6, 6.07) is 36.0. The molecule has 0 saturated carbocycles. The number of nitrogens with one attached hydrogen (secondary N) is 2. The molecule has 0 heterocycles. The Balaban J connectivity index is 1.60. The summed E-state index contributed by atoms with van der Waals surface area (Å²) in [6.07, 6.45) is 0. The van der Waals surface area contributed by atoms with Gasteiger partial charge in [0.25, 0.3) is 0 Å². The van der Waals surface area contributed by atoms with E-state index in [2.05, 4.69) is 16.7 Å². The molecule has 0 aromatic heterocycles. The Hall–Kier alpha value is -3.72. The topological polar surface area (TPSA) is 33.3 Å². The van der Waals surface area contributed by atoms with Gasteiger partial charge in [0.05, 0.1) is 17.1 Å². The molecule has 3 heteroatoms. The van der Waals surface area contributed by atoms with Crippen LogP contribution in [0.1, 0.15) is 0 Å². The zero-order chi connectivity index (χ0) is 18.3. The maximum atomic E-state index is 6.06. The third-order valence-corrected chi connectivity index (χ3v) is 4.11. The normalized spacial score (nSPS) is 10.2. The minimum Gasteiger partial charge on any atom is -0.455 e. The molecular weight excluding hydrogens is 332 g/mol. The van der Waals surface area contributed by atoms with Gasteiger partial charge >= 0.3 is 0 Å². The fourth-order valence-corrected chi connectivity index (χ4v) is 2.80. The molecule has 3 nitrogen and oxygen atoms in total. The summed E-state index contributed by atoms with van der Waals surface area (Å²) in [4.78, 5) is 0. The molecule has 0 atom stereocenters. The number of anilines is 4. The minimum atomic E-state index is 0.776. The number of hydrogen-bond donors (Lipinski definition) is 2. The summed E-state index contributed by atoms with van der Waals surface area (Å²) in [5, 5.41) is 6.95. The lowest BCUT2D eigenvalue weighted by Crippen LogP contribution is -1.98. The molecule has 0 amide bonds. The number of para-hydroxylation sites is 6. The quantitative estimate of drug-likeness (QED) is 0.393. The van der Waals surface area contributed by atoms with E-state index in [1.807, 2.05) is 103 Å². The third-order valence-electron chi connectivity index (χ3n) is 4.11. The second-order valence-electron chi connectivity index (χ2n) is 6.07. The predicted octanol–water partition coefficient (Wildman–Crippen LogP) is 6.97. The van der Waals surface area contributed by atoms with Gasteiger partial charge in [0.1, 0.15) is 5.75 Å². The molecule has 27 heavy (non-hydrogen) atoms. The molecule has 0 spiro atoms. The molecule has 2 N–H and O–H groups in total. The van der Waals surface area contributed by atoms with Crippen molar-refractivity contribution >= 4 is 22.7 Å². The van der Waals surface area contributed by atoms with E-state index < -0.39 is 0 Å². The van der Waals surface area contributed by atoms with Gasteiger partial charge in [-0.05, 0) is 48.5 Å². The van der Waals surface area contributed by atoms with Crippen molar-refractivity contribution in [3.8, 4) is 11.5 Å². The molecule has 0 aliphatic carbocycles. The van der Waals surface area contributed by atoms with Crippen molar-refractivity contribution < 1.29 is 4.74 Å². The molecule has 4 aromatic rings. The standard InChI is InChI=1S/C24H20N2O/c1-3-11-19(12-4-1)25-21-15-7-8-16-22(21)26-23-17-9-10-18-24(23)27-20-13-5-2-6-14-20/h1-18,25-26H. The molecule has 132 valence electrons. The Morgan fingerprint density at radius 3 is 1.67 bits per heavy atom. The second kappa shape index (κ2) is 8.11. The summed E-state index contributed by atoms with van der Waals surface area (Å²) in [6.45, 7) is 0. The van der Waals surface area contributed by atoms with Crippen LogP contribution in [0.15, 0.2) is 109 Å². The highest BCUT2D eigenvalue weighted by atomic mass is 16.5. The molecule has 0 aliphatic heterocycles. The van der Waals surface area contributed by atoms with Gasteiger partial charge in [-0.15, -0.1) is 0 Å².